The zero-order valence-electron chi connectivity index (χ0n) is 14.7. The number of anilines is 1. The third-order valence-corrected chi connectivity index (χ3v) is 4.06. The number of H-pyrrole nitrogens is 1. The van der Waals surface area contributed by atoms with Gasteiger partial charge in [-0.2, -0.15) is 4.98 Å². The van der Waals surface area contributed by atoms with Crippen LogP contribution in [0.3, 0.4) is 0 Å². The lowest BCUT2D eigenvalue weighted by Crippen LogP contribution is -2.29. The van der Waals surface area contributed by atoms with E-state index in [1.807, 2.05) is 6.92 Å². The van der Waals surface area contributed by atoms with Gasteiger partial charge in [-0.15, -0.1) is 0 Å². The number of aromatic amines is 1. The highest BCUT2D eigenvalue weighted by Crippen LogP contribution is 2.17. The van der Waals surface area contributed by atoms with Gasteiger partial charge in [0.15, 0.2) is 16.9 Å². The Morgan fingerprint density at radius 2 is 1.96 bits per heavy atom. The molecule has 0 aliphatic heterocycles. The first-order chi connectivity index (χ1) is 12.5. The summed E-state index contributed by atoms with van der Waals surface area (Å²) in [6, 6.07) is 6.71. The summed E-state index contributed by atoms with van der Waals surface area (Å²) < 4.78 is 7.82. The number of methoxy groups -OCH3 is 1. The third kappa shape index (κ3) is 2.99. The number of hydrogen-bond acceptors (Lipinski definition) is 6. The van der Waals surface area contributed by atoms with E-state index in [9.17, 15) is 14.4 Å². The van der Waals surface area contributed by atoms with Crippen molar-refractivity contribution in [3.63, 3.8) is 0 Å². The molecule has 0 saturated heterocycles. The van der Waals surface area contributed by atoms with Gasteiger partial charge in [0.2, 0.25) is 5.95 Å². The molecule has 0 fully saturated rings. The molecule has 0 aliphatic carbocycles. The van der Waals surface area contributed by atoms with E-state index in [1.54, 1.807) is 31.4 Å². The molecule has 136 valence electrons. The number of rotatable bonds is 6. The molecule has 9 nitrogen and oxygen atoms in total. The van der Waals surface area contributed by atoms with Gasteiger partial charge >= 0.3 is 5.69 Å². The molecule has 9 heteroatoms. The van der Waals surface area contributed by atoms with Gasteiger partial charge in [-0.25, -0.2) is 4.79 Å². The minimum Gasteiger partial charge on any atom is -0.497 e. The van der Waals surface area contributed by atoms with Crippen LogP contribution in [0.25, 0.3) is 11.2 Å². The number of nitrogens with one attached hydrogen (secondary N) is 2. The lowest BCUT2D eigenvalue weighted by Gasteiger charge is -2.09. The van der Waals surface area contributed by atoms with Crippen LogP contribution in [0.1, 0.15) is 17.3 Å². The molecule has 1 aromatic carbocycles. The predicted molar refractivity (Wildman–Crippen MR) is 97.1 cm³/mol. The largest absolute Gasteiger partial charge is 0.497 e. The number of ketones is 1. The van der Waals surface area contributed by atoms with Gasteiger partial charge < -0.3 is 10.1 Å². The second kappa shape index (κ2) is 6.87. The van der Waals surface area contributed by atoms with E-state index in [-0.39, 0.29) is 23.5 Å². The molecular weight excluding hydrogens is 338 g/mol. The van der Waals surface area contributed by atoms with Crippen molar-refractivity contribution in [2.45, 2.75) is 13.5 Å². The van der Waals surface area contributed by atoms with E-state index < -0.39 is 11.2 Å². The van der Waals surface area contributed by atoms with E-state index in [4.69, 9.17) is 4.74 Å². The highest BCUT2D eigenvalue weighted by Gasteiger charge is 2.19. The van der Waals surface area contributed by atoms with E-state index in [0.29, 0.717) is 23.8 Å². The monoisotopic (exact) mass is 357 g/mol. The molecule has 26 heavy (non-hydrogen) atoms. The van der Waals surface area contributed by atoms with E-state index >= 15 is 0 Å². The van der Waals surface area contributed by atoms with Gasteiger partial charge in [-0.05, 0) is 31.2 Å². The van der Waals surface area contributed by atoms with Crippen LogP contribution >= 0.6 is 0 Å². The first-order valence-electron chi connectivity index (χ1n) is 8.07. The number of aromatic nitrogens is 4. The topological polar surface area (TPSA) is 111 Å². The van der Waals surface area contributed by atoms with Crippen LogP contribution in [0.4, 0.5) is 5.95 Å². The van der Waals surface area contributed by atoms with Gasteiger partial charge in [0, 0.05) is 19.2 Å². The second-order valence-corrected chi connectivity index (χ2v) is 5.69. The Morgan fingerprint density at radius 3 is 2.58 bits per heavy atom. The Morgan fingerprint density at radius 1 is 1.27 bits per heavy atom. The summed E-state index contributed by atoms with van der Waals surface area (Å²) in [7, 11) is 3.06. The third-order valence-electron chi connectivity index (χ3n) is 4.06. The molecule has 0 spiro atoms. The van der Waals surface area contributed by atoms with Crippen molar-refractivity contribution in [3.8, 4) is 5.75 Å². The molecule has 0 unspecified atom stereocenters. The lowest BCUT2D eigenvalue weighted by atomic mass is 10.1. The van der Waals surface area contributed by atoms with Crippen molar-refractivity contribution in [1.29, 1.82) is 0 Å². The minimum atomic E-state index is -0.581. The first-order valence-corrected chi connectivity index (χ1v) is 8.07. The summed E-state index contributed by atoms with van der Waals surface area (Å²) in [4.78, 5) is 43.3. The van der Waals surface area contributed by atoms with E-state index in [0.717, 1.165) is 0 Å². The molecule has 0 atom stereocenters. The van der Waals surface area contributed by atoms with E-state index in [1.165, 1.54) is 16.2 Å². The van der Waals surface area contributed by atoms with Crippen LogP contribution in [0.5, 0.6) is 5.75 Å². The maximum absolute atomic E-state index is 12.7. The number of imidazole rings is 1. The molecule has 0 bridgehead atoms. The van der Waals surface area contributed by atoms with Gasteiger partial charge in [0.1, 0.15) is 5.75 Å². The summed E-state index contributed by atoms with van der Waals surface area (Å²) in [5, 5.41) is 3.03. The Hall–Kier alpha value is -3.36. The molecule has 2 aromatic heterocycles. The highest BCUT2D eigenvalue weighted by atomic mass is 16.5. The highest BCUT2D eigenvalue weighted by molar-refractivity contribution is 5.97. The van der Waals surface area contributed by atoms with E-state index in [2.05, 4.69) is 15.3 Å². The zero-order chi connectivity index (χ0) is 18.8. The number of nitrogens with zero attached hydrogens (tertiary/aromatic N) is 3. The fourth-order valence-electron chi connectivity index (χ4n) is 2.69. The van der Waals surface area contributed by atoms with Crippen molar-refractivity contribution in [2.75, 3.05) is 19.0 Å². The molecular formula is C17H19N5O4. The summed E-state index contributed by atoms with van der Waals surface area (Å²) >= 11 is 0. The van der Waals surface area contributed by atoms with Crippen molar-refractivity contribution in [2.24, 2.45) is 7.05 Å². The number of fused-ring (bicyclic) bond motifs is 1. The number of benzene rings is 1. The van der Waals surface area contributed by atoms with Gasteiger partial charge in [0.25, 0.3) is 5.56 Å². The van der Waals surface area contributed by atoms with Gasteiger partial charge in [-0.3, -0.25) is 23.7 Å². The summed E-state index contributed by atoms with van der Waals surface area (Å²) in [5.74, 6) is 0.810. The Balaban J connectivity index is 2.09. The fraction of sp³-hybridized carbons (Fsp3) is 0.294. The molecule has 0 aliphatic rings. The number of carbonyl (C=O) groups excluding carboxylic acids is 1. The molecule has 2 N–H and O–H groups in total. The number of hydrogen-bond donors (Lipinski definition) is 2. The lowest BCUT2D eigenvalue weighted by molar-refractivity contribution is 0.0974. The van der Waals surface area contributed by atoms with Crippen molar-refractivity contribution in [1.82, 2.24) is 19.1 Å². The van der Waals surface area contributed by atoms with Crippen molar-refractivity contribution < 1.29 is 9.53 Å². The average molecular weight is 357 g/mol. The van der Waals surface area contributed by atoms with Crippen LogP contribution in [-0.4, -0.2) is 38.5 Å². The summed E-state index contributed by atoms with van der Waals surface area (Å²) in [5.41, 5.74) is -0.266. The molecule has 3 rings (SSSR count). The Labute approximate surface area is 148 Å². The number of ether oxygens (including phenoxy) is 1. The van der Waals surface area contributed by atoms with Crippen molar-refractivity contribution in [3.05, 3.63) is 50.7 Å². The molecule has 0 amide bonds. The normalized spacial score (nSPS) is 10.9. The number of carbonyl (C=O) groups is 1. The van der Waals surface area contributed by atoms with Gasteiger partial charge in [0.05, 0.1) is 13.7 Å². The van der Waals surface area contributed by atoms with Crippen LogP contribution < -0.4 is 21.3 Å². The maximum atomic E-state index is 12.7. The van der Waals surface area contributed by atoms with Crippen LogP contribution in [-0.2, 0) is 13.6 Å². The second-order valence-electron chi connectivity index (χ2n) is 5.69. The Kier molecular flexibility index (Phi) is 4.61. The van der Waals surface area contributed by atoms with Gasteiger partial charge in [-0.1, -0.05) is 0 Å². The van der Waals surface area contributed by atoms with Crippen LogP contribution in [0.15, 0.2) is 33.9 Å². The summed E-state index contributed by atoms with van der Waals surface area (Å²) in [6.45, 7) is 2.33. The van der Waals surface area contributed by atoms with Crippen molar-refractivity contribution >= 4 is 22.9 Å². The smallest absolute Gasteiger partial charge is 0.329 e. The SMILES string of the molecule is CCNc1nc2c(c(=O)[nH]c(=O)n2C)n1CC(=O)c1ccc(OC)cc1. The Bertz CT molecular complexity index is 1080. The number of Topliss-reactive ketones (excluding diaryl/α,β-unsaturated/α-hetero) is 1. The van der Waals surface area contributed by atoms with Crippen LogP contribution in [0, 0.1) is 0 Å². The van der Waals surface area contributed by atoms with Crippen LogP contribution in [0.2, 0.25) is 0 Å². The first kappa shape index (κ1) is 17.5. The predicted octanol–water partition coefficient (Wildman–Crippen LogP) is 0.747. The molecule has 0 radical (unpaired) electrons. The summed E-state index contributed by atoms with van der Waals surface area (Å²) in [6.07, 6.45) is 0. The standard InChI is InChI=1S/C17H19N5O4/c1-4-18-16-19-14-13(15(24)20-17(25)21(14)2)22(16)9-12(23)10-5-7-11(26-3)8-6-10/h5-8H,4,9H2,1-3H3,(H,18,19)(H,20,24,25). The minimum absolute atomic E-state index is 0.0908. The zero-order valence-corrected chi connectivity index (χ0v) is 14.7. The molecule has 2 heterocycles. The molecule has 0 saturated carbocycles. The molecule has 3 aromatic rings. The quantitative estimate of drug-likeness (QED) is 0.630. The average Bonchev–Trinajstić information content (AvgIpc) is 2.99. The maximum Gasteiger partial charge on any atom is 0.329 e. The fourth-order valence-corrected chi connectivity index (χ4v) is 2.69. The number of aryl methyl sites for hydroxylation is 1.